The van der Waals surface area contributed by atoms with E-state index in [1.54, 1.807) is 0 Å². The highest BCUT2D eigenvalue weighted by Crippen LogP contribution is 1.96. The minimum absolute atomic E-state index is 0.283. The van der Waals surface area contributed by atoms with E-state index < -0.39 is 0 Å². The maximum Gasteiger partial charge on any atom is 0.231 e. The van der Waals surface area contributed by atoms with Crippen LogP contribution in [0.5, 0.6) is 0 Å². The van der Waals surface area contributed by atoms with Crippen molar-refractivity contribution < 1.29 is 19.8 Å². The summed E-state index contributed by atoms with van der Waals surface area (Å²) in [6, 6.07) is 0. The number of aliphatic hydroxyl groups is 2. The number of carbonyl (C=O) groups excluding carboxylic acids is 2. The molecule has 0 aliphatic heterocycles. The molecule has 0 radical (unpaired) electrons. The summed E-state index contributed by atoms with van der Waals surface area (Å²) in [6.07, 6.45) is 5.33. The van der Waals surface area contributed by atoms with Crippen molar-refractivity contribution in [1.29, 1.82) is 10.8 Å². The third kappa shape index (κ3) is 73.9. The lowest BCUT2D eigenvalue weighted by Gasteiger charge is -1.93. The van der Waals surface area contributed by atoms with Crippen LogP contribution in [-0.2, 0) is 9.59 Å². The van der Waals surface area contributed by atoms with Crippen LogP contribution >= 0.6 is 0 Å². The average molecular weight is 204 g/mol. The highest BCUT2D eigenvalue weighted by molar-refractivity contribution is 5.26. The molecule has 0 atom stereocenters. The normalized spacial score (nSPS) is 6.71. The molecule has 0 amide bonds. The summed E-state index contributed by atoms with van der Waals surface area (Å²) >= 11 is 0. The Kier molecular flexibility index (Phi) is 39.4. The lowest BCUT2D eigenvalue weighted by molar-refractivity contribution is 0.265. The van der Waals surface area contributed by atoms with Crippen LogP contribution in [0.1, 0.15) is 25.7 Å². The van der Waals surface area contributed by atoms with E-state index in [0.717, 1.165) is 37.8 Å². The van der Waals surface area contributed by atoms with Crippen molar-refractivity contribution in [2.75, 3.05) is 13.2 Å². The van der Waals surface area contributed by atoms with Gasteiger partial charge in [-0.05, 0) is 12.8 Å². The Labute approximate surface area is 82.6 Å². The van der Waals surface area contributed by atoms with E-state index in [1.807, 2.05) is 0 Å². The third-order valence-electron chi connectivity index (χ3n) is 1.07. The Balaban J connectivity index is -0.000000168. The van der Waals surface area contributed by atoms with Crippen molar-refractivity contribution in [3.63, 3.8) is 0 Å². The molecule has 0 saturated heterocycles. The summed E-state index contributed by atoms with van der Waals surface area (Å²) in [5, 5.41) is 27.4. The second kappa shape index (κ2) is 29.9. The van der Waals surface area contributed by atoms with Gasteiger partial charge in [0.25, 0.3) is 0 Å². The number of rotatable bonds is 5. The van der Waals surface area contributed by atoms with Crippen molar-refractivity contribution in [3.05, 3.63) is 0 Å². The molecule has 4 N–H and O–H groups in total. The van der Waals surface area contributed by atoms with Crippen molar-refractivity contribution in [3.8, 4) is 0 Å². The first-order chi connectivity index (χ1) is 6.74. The molecule has 82 valence electrons. The van der Waals surface area contributed by atoms with Crippen molar-refractivity contribution in [2.24, 2.45) is 0 Å². The van der Waals surface area contributed by atoms with E-state index in [0.29, 0.717) is 0 Å². The highest BCUT2D eigenvalue weighted by atomic mass is 16.3. The molecule has 0 aromatic heterocycles. The van der Waals surface area contributed by atoms with Crippen LogP contribution in [-0.4, -0.2) is 35.6 Å². The summed E-state index contributed by atoms with van der Waals surface area (Å²) in [7, 11) is 0. The van der Waals surface area contributed by atoms with E-state index >= 15 is 0 Å². The average Bonchev–Trinajstić information content (AvgIpc) is 2.15. The molecule has 6 heteroatoms. The van der Waals surface area contributed by atoms with Crippen molar-refractivity contribution in [1.82, 2.24) is 0 Å². The second-order valence-corrected chi connectivity index (χ2v) is 2.07. The molecule has 0 aliphatic rings. The van der Waals surface area contributed by atoms with Gasteiger partial charge in [-0.15, -0.1) is 0 Å². The van der Waals surface area contributed by atoms with Gasteiger partial charge in [-0.3, -0.25) is 0 Å². The predicted octanol–water partition coefficient (Wildman–Crippen LogP) is 0.333. The van der Waals surface area contributed by atoms with Gasteiger partial charge in [0.1, 0.15) is 0 Å². The summed E-state index contributed by atoms with van der Waals surface area (Å²) < 4.78 is 0. The van der Waals surface area contributed by atoms with Crippen molar-refractivity contribution in [2.45, 2.75) is 25.7 Å². The number of isocyanates is 2. The first-order valence-electron chi connectivity index (χ1n) is 4.04. The van der Waals surface area contributed by atoms with Gasteiger partial charge in [0.05, 0.1) is 0 Å². The second-order valence-electron chi connectivity index (χ2n) is 2.07. The molecule has 0 spiro atoms. The summed E-state index contributed by atoms with van der Waals surface area (Å²) in [5.74, 6) is 0. The topological polar surface area (TPSA) is 122 Å². The summed E-state index contributed by atoms with van der Waals surface area (Å²) in [6.45, 7) is 0.566. The van der Waals surface area contributed by atoms with Gasteiger partial charge in [-0.25, -0.2) is 20.4 Å². The largest absolute Gasteiger partial charge is 0.396 e. The fraction of sp³-hybridized carbons (Fsp3) is 0.750. The minimum Gasteiger partial charge on any atom is -0.396 e. The summed E-state index contributed by atoms with van der Waals surface area (Å²) in [4.78, 5) is 16.7. The van der Waals surface area contributed by atoms with Crippen molar-refractivity contribution >= 4 is 12.2 Å². The molecule has 0 heterocycles. The zero-order chi connectivity index (χ0) is 11.7. The first-order valence-corrected chi connectivity index (χ1v) is 4.04. The van der Waals surface area contributed by atoms with Crippen LogP contribution in [0.15, 0.2) is 0 Å². The molecule has 0 unspecified atom stereocenters. The predicted molar refractivity (Wildman–Crippen MR) is 49.5 cm³/mol. The van der Waals surface area contributed by atoms with E-state index in [1.165, 1.54) is 0 Å². The molecule has 0 fully saturated rings. The fourth-order valence-electron chi connectivity index (χ4n) is 0.577. The summed E-state index contributed by atoms with van der Waals surface area (Å²) in [5.41, 5.74) is 0. The number of unbranched alkanes of at least 4 members (excludes halogenated alkanes) is 3. The molecular weight excluding hydrogens is 188 g/mol. The Hall–Kier alpha value is -1.32. The lowest BCUT2D eigenvalue weighted by atomic mass is 10.2. The SMILES string of the molecule is N=C=O.N=C=O.OCCCCCCO. The Morgan fingerprint density at radius 3 is 1.14 bits per heavy atom. The molecule has 0 saturated carbocycles. The van der Waals surface area contributed by atoms with Gasteiger partial charge in [0.2, 0.25) is 12.2 Å². The third-order valence-corrected chi connectivity index (χ3v) is 1.07. The van der Waals surface area contributed by atoms with Gasteiger partial charge >= 0.3 is 0 Å². The molecule has 0 aliphatic carbocycles. The zero-order valence-electron chi connectivity index (χ0n) is 7.95. The maximum atomic E-state index is 8.35. The highest BCUT2D eigenvalue weighted by Gasteiger charge is 1.84. The lowest BCUT2D eigenvalue weighted by Crippen LogP contribution is -1.85. The Morgan fingerprint density at radius 1 is 0.786 bits per heavy atom. The number of hydrogen-bond donors (Lipinski definition) is 4. The molecule has 0 rings (SSSR count). The molecule has 0 bridgehead atoms. The van der Waals surface area contributed by atoms with Gasteiger partial charge in [0.15, 0.2) is 0 Å². The zero-order valence-corrected chi connectivity index (χ0v) is 7.95. The quantitative estimate of drug-likeness (QED) is 0.293. The van der Waals surface area contributed by atoms with Gasteiger partial charge < -0.3 is 10.2 Å². The fourth-order valence-corrected chi connectivity index (χ4v) is 0.577. The molecular formula is C8H16N2O4. The van der Waals surface area contributed by atoms with Crippen LogP contribution in [0.4, 0.5) is 0 Å². The van der Waals surface area contributed by atoms with Gasteiger partial charge in [-0.1, -0.05) is 12.8 Å². The number of nitrogens with one attached hydrogen (secondary N) is 2. The van der Waals surface area contributed by atoms with E-state index in [2.05, 4.69) is 0 Å². The monoisotopic (exact) mass is 204 g/mol. The van der Waals surface area contributed by atoms with Crippen LogP contribution in [0.2, 0.25) is 0 Å². The smallest absolute Gasteiger partial charge is 0.231 e. The molecule has 6 nitrogen and oxygen atoms in total. The Bertz CT molecular complexity index is 131. The first kappa shape index (κ1) is 18.5. The van der Waals surface area contributed by atoms with E-state index in [4.69, 9.17) is 30.6 Å². The van der Waals surface area contributed by atoms with Crippen LogP contribution in [0.3, 0.4) is 0 Å². The van der Waals surface area contributed by atoms with Gasteiger partial charge in [0, 0.05) is 13.2 Å². The van der Waals surface area contributed by atoms with E-state index in [-0.39, 0.29) is 13.2 Å². The van der Waals surface area contributed by atoms with Crippen LogP contribution in [0.25, 0.3) is 0 Å². The standard InChI is InChI=1S/C6H14O2.2CHNO/c7-5-3-1-2-4-6-8;2*2-1-3/h7-8H,1-6H2;2*2H. The maximum absolute atomic E-state index is 8.35. The number of hydrogen-bond acceptors (Lipinski definition) is 6. The van der Waals surface area contributed by atoms with Crippen LogP contribution in [0, 0.1) is 10.8 Å². The number of aliphatic hydroxyl groups excluding tert-OH is 2. The molecule has 0 aromatic rings. The Morgan fingerprint density at radius 2 is 1.00 bits per heavy atom. The van der Waals surface area contributed by atoms with Crippen LogP contribution < -0.4 is 0 Å². The molecule has 14 heavy (non-hydrogen) atoms. The van der Waals surface area contributed by atoms with Gasteiger partial charge in [-0.2, -0.15) is 0 Å². The van der Waals surface area contributed by atoms with E-state index in [9.17, 15) is 0 Å². The molecule has 0 aromatic carbocycles. The minimum atomic E-state index is 0.283.